The third-order valence-electron chi connectivity index (χ3n) is 4.16. The first-order valence-corrected chi connectivity index (χ1v) is 7.23. The Morgan fingerprint density at radius 3 is 2.39 bits per heavy atom. The molecule has 0 amide bonds. The Labute approximate surface area is 112 Å². The first kappa shape index (κ1) is 15.2. The van der Waals surface area contributed by atoms with Gasteiger partial charge in [0.15, 0.2) is 0 Å². The molecule has 3 nitrogen and oxygen atoms in total. The number of nitrogens with one attached hydrogen (secondary N) is 1. The van der Waals surface area contributed by atoms with E-state index in [1.807, 2.05) is 11.7 Å². The van der Waals surface area contributed by atoms with Crippen molar-refractivity contribution >= 4 is 0 Å². The second-order valence-electron chi connectivity index (χ2n) is 5.36. The molecule has 0 fully saturated rings. The molecule has 2 atom stereocenters. The Balaban J connectivity index is 2.66. The average molecular weight is 251 g/mol. The second-order valence-corrected chi connectivity index (χ2v) is 5.36. The molecular formula is C15H29N3. The Kier molecular flexibility index (Phi) is 5.86. The highest BCUT2D eigenvalue weighted by atomic mass is 15.3. The number of rotatable bonds is 7. The van der Waals surface area contributed by atoms with Crippen LogP contribution < -0.4 is 5.32 Å². The number of hydrogen-bond acceptors (Lipinski definition) is 2. The topological polar surface area (TPSA) is 29.9 Å². The number of aromatic nitrogens is 2. The second kappa shape index (κ2) is 6.93. The predicted octanol–water partition coefficient (Wildman–Crippen LogP) is 2.99. The Hall–Kier alpha value is -0.830. The van der Waals surface area contributed by atoms with Gasteiger partial charge in [-0.2, -0.15) is 5.10 Å². The van der Waals surface area contributed by atoms with Crippen molar-refractivity contribution in [1.82, 2.24) is 15.1 Å². The van der Waals surface area contributed by atoms with Crippen molar-refractivity contribution in [2.75, 3.05) is 6.54 Å². The smallest absolute Gasteiger partial charge is 0.0628 e. The maximum atomic E-state index is 4.50. The molecule has 1 N–H and O–H groups in total. The van der Waals surface area contributed by atoms with Crippen molar-refractivity contribution in [3.8, 4) is 0 Å². The predicted molar refractivity (Wildman–Crippen MR) is 77.9 cm³/mol. The zero-order chi connectivity index (χ0) is 13.7. The molecule has 0 spiro atoms. The fourth-order valence-electron chi connectivity index (χ4n) is 2.61. The van der Waals surface area contributed by atoms with Gasteiger partial charge in [-0.3, -0.25) is 4.68 Å². The lowest BCUT2D eigenvalue weighted by atomic mass is 9.93. The monoisotopic (exact) mass is 251 g/mol. The fraction of sp³-hybridized carbons (Fsp3) is 0.800. The van der Waals surface area contributed by atoms with E-state index in [-0.39, 0.29) is 0 Å². The molecule has 1 heterocycles. The third-order valence-corrected chi connectivity index (χ3v) is 4.16. The summed E-state index contributed by atoms with van der Waals surface area (Å²) in [5.41, 5.74) is 3.94. The van der Waals surface area contributed by atoms with Crippen LogP contribution in [0.5, 0.6) is 0 Å². The van der Waals surface area contributed by atoms with Crippen LogP contribution in [0.25, 0.3) is 0 Å². The van der Waals surface area contributed by atoms with Crippen LogP contribution in [-0.2, 0) is 13.5 Å². The molecule has 3 heteroatoms. The minimum Gasteiger partial charge on any atom is -0.314 e. The zero-order valence-electron chi connectivity index (χ0n) is 12.9. The molecule has 0 saturated carbocycles. The molecule has 1 rings (SSSR count). The van der Waals surface area contributed by atoms with Crippen molar-refractivity contribution in [2.45, 2.75) is 59.9 Å². The van der Waals surface area contributed by atoms with Gasteiger partial charge in [-0.25, -0.2) is 0 Å². The first-order chi connectivity index (χ1) is 8.51. The van der Waals surface area contributed by atoms with Crippen molar-refractivity contribution in [3.05, 3.63) is 17.0 Å². The minimum atomic E-state index is 0.624. The molecule has 1 aromatic rings. The van der Waals surface area contributed by atoms with Gasteiger partial charge in [-0.15, -0.1) is 0 Å². The summed E-state index contributed by atoms with van der Waals surface area (Å²) in [6.45, 7) is 12.1. The maximum absolute atomic E-state index is 4.50. The molecule has 0 aromatic carbocycles. The first-order valence-electron chi connectivity index (χ1n) is 7.23. The summed E-state index contributed by atoms with van der Waals surface area (Å²) < 4.78 is 2.00. The molecule has 0 aliphatic carbocycles. The van der Waals surface area contributed by atoms with E-state index in [0.717, 1.165) is 18.9 Å². The van der Waals surface area contributed by atoms with Gasteiger partial charge >= 0.3 is 0 Å². The van der Waals surface area contributed by atoms with Crippen LogP contribution in [0.4, 0.5) is 0 Å². The number of aryl methyl sites for hydroxylation is 2. The molecular weight excluding hydrogens is 222 g/mol. The standard InChI is InChI=1S/C15H29N3/c1-7-11(3)15(16-8-2)10-9-14-12(4)17-18(6)13(14)5/h11,15-16H,7-10H2,1-6H3. The zero-order valence-corrected chi connectivity index (χ0v) is 12.9. The van der Waals surface area contributed by atoms with Gasteiger partial charge in [-0.05, 0) is 44.7 Å². The van der Waals surface area contributed by atoms with Gasteiger partial charge in [0.1, 0.15) is 0 Å². The number of hydrogen-bond donors (Lipinski definition) is 1. The maximum Gasteiger partial charge on any atom is 0.0628 e. The molecule has 0 aliphatic rings. The van der Waals surface area contributed by atoms with E-state index in [4.69, 9.17) is 0 Å². The van der Waals surface area contributed by atoms with Gasteiger partial charge in [0.2, 0.25) is 0 Å². The highest BCUT2D eigenvalue weighted by Gasteiger charge is 2.17. The van der Waals surface area contributed by atoms with Gasteiger partial charge < -0.3 is 5.32 Å². The Morgan fingerprint density at radius 2 is 1.94 bits per heavy atom. The van der Waals surface area contributed by atoms with E-state index in [9.17, 15) is 0 Å². The average Bonchev–Trinajstić information content (AvgIpc) is 2.59. The van der Waals surface area contributed by atoms with Crippen LogP contribution in [0.1, 0.15) is 50.6 Å². The summed E-state index contributed by atoms with van der Waals surface area (Å²) in [7, 11) is 2.03. The van der Waals surface area contributed by atoms with E-state index >= 15 is 0 Å². The summed E-state index contributed by atoms with van der Waals surface area (Å²) in [5, 5.41) is 8.12. The third kappa shape index (κ3) is 3.58. The van der Waals surface area contributed by atoms with E-state index in [2.05, 4.69) is 45.0 Å². The molecule has 0 radical (unpaired) electrons. The van der Waals surface area contributed by atoms with Crippen molar-refractivity contribution in [3.63, 3.8) is 0 Å². The van der Waals surface area contributed by atoms with Crippen LogP contribution in [0.2, 0.25) is 0 Å². The molecule has 1 aromatic heterocycles. The Bertz CT molecular complexity index is 368. The van der Waals surface area contributed by atoms with Crippen LogP contribution in [0.15, 0.2) is 0 Å². The van der Waals surface area contributed by atoms with Crippen LogP contribution in [-0.4, -0.2) is 22.4 Å². The lowest BCUT2D eigenvalue weighted by Crippen LogP contribution is -2.35. The Morgan fingerprint density at radius 1 is 1.28 bits per heavy atom. The SMILES string of the molecule is CCNC(CCc1c(C)nn(C)c1C)C(C)CC. The van der Waals surface area contributed by atoms with Crippen molar-refractivity contribution in [1.29, 1.82) is 0 Å². The van der Waals surface area contributed by atoms with E-state index in [1.54, 1.807) is 0 Å². The summed E-state index contributed by atoms with van der Waals surface area (Å²) in [6.07, 6.45) is 3.58. The molecule has 0 aliphatic heterocycles. The lowest BCUT2D eigenvalue weighted by molar-refractivity contribution is 0.354. The summed E-state index contributed by atoms with van der Waals surface area (Å²) in [4.78, 5) is 0. The molecule has 18 heavy (non-hydrogen) atoms. The summed E-state index contributed by atoms with van der Waals surface area (Å²) in [5.74, 6) is 0.738. The van der Waals surface area contributed by atoms with E-state index in [0.29, 0.717) is 6.04 Å². The lowest BCUT2D eigenvalue weighted by Gasteiger charge is -2.24. The molecule has 0 bridgehead atoms. The fourth-order valence-corrected chi connectivity index (χ4v) is 2.61. The van der Waals surface area contributed by atoms with Crippen LogP contribution >= 0.6 is 0 Å². The van der Waals surface area contributed by atoms with Crippen LogP contribution in [0.3, 0.4) is 0 Å². The van der Waals surface area contributed by atoms with Gasteiger partial charge in [-0.1, -0.05) is 27.2 Å². The summed E-state index contributed by atoms with van der Waals surface area (Å²) in [6, 6.07) is 0.624. The van der Waals surface area contributed by atoms with Crippen molar-refractivity contribution in [2.24, 2.45) is 13.0 Å². The van der Waals surface area contributed by atoms with Gasteiger partial charge in [0.05, 0.1) is 5.69 Å². The highest BCUT2D eigenvalue weighted by molar-refractivity contribution is 5.24. The summed E-state index contributed by atoms with van der Waals surface area (Å²) >= 11 is 0. The highest BCUT2D eigenvalue weighted by Crippen LogP contribution is 2.18. The van der Waals surface area contributed by atoms with Crippen LogP contribution in [0, 0.1) is 19.8 Å². The normalized spacial score (nSPS) is 14.8. The number of nitrogens with zero attached hydrogens (tertiary/aromatic N) is 2. The minimum absolute atomic E-state index is 0.624. The largest absolute Gasteiger partial charge is 0.314 e. The van der Waals surface area contributed by atoms with Gasteiger partial charge in [0.25, 0.3) is 0 Å². The quantitative estimate of drug-likeness (QED) is 0.807. The van der Waals surface area contributed by atoms with Crippen molar-refractivity contribution < 1.29 is 0 Å². The van der Waals surface area contributed by atoms with Gasteiger partial charge in [0, 0.05) is 18.8 Å². The van der Waals surface area contributed by atoms with E-state index in [1.165, 1.54) is 29.8 Å². The molecule has 2 unspecified atom stereocenters. The van der Waals surface area contributed by atoms with E-state index < -0.39 is 0 Å². The molecule has 104 valence electrons. The molecule has 0 saturated heterocycles.